The van der Waals surface area contributed by atoms with Crippen molar-refractivity contribution in [1.82, 2.24) is 9.97 Å². The molecule has 164 valence electrons. The summed E-state index contributed by atoms with van der Waals surface area (Å²) in [6, 6.07) is 9.02. The molecule has 0 fully saturated rings. The minimum absolute atomic E-state index is 0.00176. The highest BCUT2D eigenvalue weighted by Crippen LogP contribution is 2.47. The smallest absolute Gasteiger partial charge is 0.167 e. The van der Waals surface area contributed by atoms with E-state index in [1.807, 2.05) is 0 Å². The van der Waals surface area contributed by atoms with E-state index in [2.05, 4.69) is 20.5 Å². The maximum Gasteiger partial charge on any atom is 0.167 e. The van der Waals surface area contributed by atoms with Gasteiger partial charge in [-0.2, -0.15) is 5.10 Å². The molecule has 0 saturated heterocycles. The molecule has 10 heteroatoms. The Kier molecular flexibility index (Phi) is 6.04. The number of phenolic OH excluding ortho intramolecular Hbond substituents is 1. The lowest BCUT2D eigenvalue weighted by atomic mass is 10.1. The van der Waals surface area contributed by atoms with Crippen molar-refractivity contribution in [3.05, 3.63) is 54.1 Å². The summed E-state index contributed by atoms with van der Waals surface area (Å²) in [5, 5.41) is 24.8. The van der Waals surface area contributed by atoms with Crippen molar-refractivity contribution in [3.8, 4) is 33.4 Å². The van der Waals surface area contributed by atoms with Gasteiger partial charge in [-0.05, 0) is 42.8 Å². The fraction of sp³-hybridized carbons (Fsp3) is 0.136. The number of halogens is 1. The van der Waals surface area contributed by atoms with Crippen LogP contribution in [0.25, 0.3) is 20.7 Å². The molecule has 2 aromatic carbocycles. The second-order valence-electron chi connectivity index (χ2n) is 6.55. The van der Waals surface area contributed by atoms with Crippen LogP contribution >= 0.6 is 11.3 Å². The van der Waals surface area contributed by atoms with Gasteiger partial charge in [0.25, 0.3) is 0 Å². The lowest BCUT2D eigenvalue weighted by Gasteiger charge is -2.09. The highest BCUT2D eigenvalue weighted by molar-refractivity contribution is 7.23. The van der Waals surface area contributed by atoms with E-state index in [1.54, 1.807) is 25.1 Å². The normalized spacial score (nSPS) is 11.2. The number of hydrazone groups is 1. The average Bonchev–Trinajstić information content (AvgIpc) is 3.12. The third kappa shape index (κ3) is 4.12. The molecule has 8 nitrogen and oxygen atoms in total. The van der Waals surface area contributed by atoms with Crippen LogP contribution in [0.2, 0.25) is 0 Å². The van der Waals surface area contributed by atoms with Gasteiger partial charge >= 0.3 is 0 Å². The molecule has 0 aliphatic heterocycles. The van der Waals surface area contributed by atoms with Gasteiger partial charge in [-0.1, -0.05) is 0 Å². The molecule has 2 aromatic heterocycles. The van der Waals surface area contributed by atoms with Crippen molar-refractivity contribution in [2.24, 2.45) is 5.10 Å². The molecular weight excluding hydrogens is 435 g/mol. The molecule has 0 radical (unpaired) electrons. The average molecular weight is 454 g/mol. The number of nitrogens with one attached hydrogen (secondary N) is 1. The van der Waals surface area contributed by atoms with Crippen molar-refractivity contribution < 1.29 is 24.1 Å². The number of methoxy groups -OCH3 is 1. The van der Waals surface area contributed by atoms with Gasteiger partial charge in [0.1, 0.15) is 28.1 Å². The predicted molar refractivity (Wildman–Crippen MR) is 122 cm³/mol. The first-order valence-electron chi connectivity index (χ1n) is 9.57. The van der Waals surface area contributed by atoms with Crippen LogP contribution in [0.15, 0.2) is 47.8 Å². The molecule has 0 saturated carbocycles. The Morgan fingerprint density at radius 2 is 2.00 bits per heavy atom. The number of nitrogens with zero attached hydrogens (tertiary/aromatic N) is 3. The van der Waals surface area contributed by atoms with Gasteiger partial charge in [0.05, 0.1) is 24.8 Å². The third-order valence-corrected chi connectivity index (χ3v) is 5.73. The number of fused-ring (bicyclic) bond motifs is 1. The van der Waals surface area contributed by atoms with Crippen molar-refractivity contribution >= 4 is 33.6 Å². The van der Waals surface area contributed by atoms with E-state index in [-0.39, 0.29) is 11.5 Å². The number of thiophene rings is 1. The molecule has 0 aliphatic carbocycles. The molecular formula is C22H19FN4O4S. The van der Waals surface area contributed by atoms with Crippen LogP contribution in [0.4, 0.5) is 10.2 Å². The quantitative estimate of drug-likeness (QED) is 0.273. The maximum atomic E-state index is 13.7. The maximum absolute atomic E-state index is 13.7. The van der Waals surface area contributed by atoms with E-state index < -0.39 is 5.82 Å². The van der Waals surface area contributed by atoms with Gasteiger partial charge in [0, 0.05) is 11.6 Å². The van der Waals surface area contributed by atoms with Gasteiger partial charge in [0.15, 0.2) is 23.1 Å². The Balaban J connectivity index is 1.67. The molecule has 4 aromatic rings. The molecule has 0 unspecified atom stereocenters. The fourth-order valence-corrected chi connectivity index (χ4v) is 4.19. The van der Waals surface area contributed by atoms with Crippen LogP contribution in [0.5, 0.6) is 23.0 Å². The number of hydrogen-bond acceptors (Lipinski definition) is 9. The summed E-state index contributed by atoms with van der Waals surface area (Å²) in [6.07, 6.45) is 2.82. The summed E-state index contributed by atoms with van der Waals surface area (Å²) in [5.74, 6) is 0.593. The lowest BCUT2D eigenvalue weighted by molar-refractivity contribution is 0.339. The van der Waals surface area contributed by atoms with E-state index in [1.165, 1.54) is 49.2 Å². The van der Waals surface area contributed by atoms with Gasteiger partial charge in [-0.3, -0.25) is 5.43 Å². The van der Waals surface area contributed by atoms with E-state index in [0.717, 1.165) is 0 Å². The molecule has 3 N–H and O–H groups in total. The summed E-state index contributed by atoms with van der Waals surface area (Å²) in [6.45, 7) is 2.15. The standard InChI is InChI=1S/C22H19FN4O4S/c1-3-31-17-9-13(23)5-6-14(17)20-19(29)18-21(32-20)22(25-11-24-18)27-26-10-12-4-7-16(30-2)15(28)8-12/h4-11,28-29H,3H2,1-2H3,(H,24,25,27)/b26-10+. The van der Waals surface area contributed by atoms with E-state index in [0.29, 0.717) is 50.1 Å². The van der Waals surface area contributed by atoms with Crippen molar-refractivity contribution in [2.45, 2.75) is 6.92 Å². The molecule has 0 atom stereocenters. The number of hydrogen-bond donors (Lipinski definition) is 3. The third-order valence-electron chi connectivity index (χ3n) is 4.52. The number of benzene rings is 2. The Hall–Kier alpha value is -3.92. The zero-order valence-electron chi connectivity index (χ0n) is 17.2. The Morgan fingerprint density at radius 1 is 1.16 bits per heavy atom. The van der Waals surface area contributed by atoms with Crippen molar-refractivity contribution in [3.63, 3.8) is 0 Å². The molecule has 2 heterocycles. The number of aromatic hydroxyl groups is 2. The number of aromatic nitrogens is 2. The number of phenols is 1. The van der Waals surface area contributed by atoms with Crippen LogP contribution in [-0.4, -0.2) is 40.1 Å². The minimum atomic E-state index is -0.432. The minimum Gasteiger partial charge on any atom is -0.504 e. The topological polar surface area (TPSA) is 109 Å². The summed E-state index contributed by atoms with van der Waals surface area (Å²) in [4.78, 5) is 8.86. The van der Waals surface area contributed by atoms with Crippen LogP contribution in [0.1, 0.15) is 12.5 Å². The van der Waals surface area contributed by atoms with Crippen molar-refractivity contribution in [2.75, 3.05) is 19.1 Å². The molecule has 0 bridgehead atoms. The van der Waals surface area contributed by atoms with Crippen LogP contribution in [-0.2, 0) is 0 Å². The summed E-state index contributed by atoms with van der Waals surface area (Å²) in [5.41, 5.74) is 4.37. The highest BCUT2D eigenvalue weighted by atomic mass is 32.1. The predicted octanol–water partition coefficient (Wildman–Crippen LogP) is 4.76. The molecule has 4 rings (SSSR count). The van der Waals surface area contributed by atoms with Crippen LogP contribution in [0.3, 0.4) is 0 Å². The van der Waals surface area contributed by atoms with E-state index >= 15 is 0 Å². The molecule has 32 heavy (non-hydrogen) atoms. The largest absolute Gasteiger partial charge is 0.504 e. The molecule has 0 aliphatic rings. The van der Waals surface area contributed by atoms with E-state index in [9.17, 15) is 14.6 Å². The Bertz CT molecular complexity index is 1310. The van der Waals surface area contributed by atoms with Crippen LogP contribution in [0, 0.1) is 5.82 Å². The molecule has 0 spiro atoms. The SMILES string of the molecule is CCOc1cc(F)ccc1-c1sc2c(N/N=C/c3ccc(OC)c(O)c3)ncnc2c1O. The second-order valence-corrected chi connectivity index (χ2v) is 7.58. The van der Waals surface area contributed by atoms with Gasteiger partial charge in [-0.25, -0.2) is 14.4 Å². The number of ether oxygens (including phenoxy) is 2. The van der Waals surface area contributed by atoms with Gasteiger partial charge in [-0.15, -0.1) is 11.3 Å². The second kappa shape index (κ2) is 9.06. The summed E-state index contributed by atoms with van der Waals surface area (Å²) in [7, 11) is 1.47. The zero-order chi connectivity index (χ0) is 22.7. The number of anilines is 1. The first-order valence-corrected chi connectivity index (χ1v) is 10.4. The monoisotopic (exact) mass is 454 g/mol. The zero-order valence-corrected chi connectivity index (χ0v) is 18.0. The lowest BCUT2D eigenvalue weighted by Crippen LogP contribution is -1.94. The summed E-state index contributed by atoms with van der Waals surface area (Å²) < 4.78 is 24.8. The van der Waals surface area contributed by atoms with Crippen LogP contribution < -0.4 is 14.9 Å². The Labute approximate surface area is 186 Å². The Morgan fingerprint density at radius 3 is 2.75 bits per heavy atom. The van der Waals surface area contributed by atoms with Crippen molar-refractivity contribution in [1.29, 1.82) is 0 Å². The first-order chi connectivity index (χ1) is 15.5. The molecule has 0 amide bonds. The number of rotatable bonds is 7. The van der Waals surface area contributed by atoms with Gasteiger partial charge in [0.2, 0.25) is 0 Å². The first kappa shape index (κ1) is 21.3. The van der Waals surface area contributed by atoms with Gasteiger partial charge < -0.3 is 19.7 Å². The fourth-order valence-electron chi connectivity index (χ4n) is 3.07. The van der Waals surface area contributed by atoms with E-state index in [4.69, 9.17) is 9.47 Å². The summed E-state index contributed by atoms with van der Waals surface area (Å²) >= 11 is 1.23. The highest BCUT2D eigenvalue weighted by Gasteiger charge is 2.20.